The molecule has 3 unspecified atom stereocenters. The lowest BCUT2D eigenvalue weighted by molar-refractivity contribution is -0.124. The average molecular weight is 554 g/mol. The van der Waals surface area contributed by atoms with Gasteiger partial charge in [-0.25, -0.2) is 0 Å². The highest BCUT2D eigenvalue weighted by atomic mass is 16.3. The average Bonchev–Trinajstić information content (AvgIpc) is 2.94. The number of carbonyl (C=O) groups is 1. The van der Waals surface area contributed by atoms with Crippen LogP contribution >= 0.6 is 0 Å². The highest BCUT2D eigenvalue weighted by molar-refractivity contribution is 5.76. The van der Waals surface area contributed by atoms with Crippen LogP contribution in [-0.2, 0) is 4.79 Å². The predicted molar refractivity (Wildman–Crippen MR) is 167 cm³/mol. The fraction of sp³-hybridized carbons (Fsp3) is 0.912. The summed E-state index contributed by atoms with van der Waals surface area (Å²) in [4.78, 5) is 12.3. The zero-order valence-electron chi connectivity index (χ0n) is 26.0. The first-order valence-electron chi connectivity index (χ1n) is 17.0. The van der Waals surface area contributed by atoms with Gasteiger partial charge in [0, 0.05) is 6.42 Å². The van der Waals surface area contributed by atoms with Gasteiger partial charge in [0.25, 0.3) is 0 Å². The van der Waals surface area contributed by atoms with Crippen molar-refractivity contribution in [2.24, 2.45) is 0 Å². The molecule has 5 nitrogen and oxygen atoms in total. The van der Waals surface area contributed by atoms with Crippen molar-refractivity contribution in [3.05, 3.63) is 12.2 Å². The number of hydrogen-bond acceptors (Lipinski definition) is 4. The minimum absolute atomic E-state index is 0.156. The molecule has 0 aliphatic rings. The maximum atomic E-state index is 12.3. The van der Waals surface area contributed by atoms with E-state index in [0.717, 1.165) is 38.5 Å². The second-order valence-corrected chi connectivity index (χ2v) is 11.7. The van der Waals surface area contributed by atoms with E-state index < -0.39 is 18.2 Å². The lowest BCUT2D eigenvalue weighted by Gasteiger charge is -2.26. The molecule has 0 bridgehead atoms. The molecule has 0 radical (unpaired) electrons. The lowest BCUT2D eigenvalue weighted by Crippen LogP contribution is -2.50. The molecule has 5 heteroatoms. The Kier molecular flexibility index (Phi) is 29.4. The first-order valence-corrected chi connectivity index (χ1v) is 17.0. The zero-order chi connectivity index (χ0) is 28.8. The van der Waals surface area contributed by atoms with Gasteiger partial charge < -0.3 is 20.6 Å². The molecule has 0 saturated carbocycles. The summed E-state index contributed by atoms with van der Waals surface area (Å²) in [5, 5.41) is 33.1. The van der Waals surface area contributed by atoms with E-state index in [-0.39, 0.29) is 12.5 Å². The van der Waals surface area contributed by atoms with Crippen LogP contribution in [-0.4, -0.2) is 46.1 Å². The van der Waals surface area contributed by atoms with Gasteiger partial charge in [-0.2, -0.15) is 0 Å². The van der Waals surface area contributed by atoms with E-state index in [2.05, 4.69) is 31.3 Å². The van der Waals surface area contributed by atoms with Crippen LogP contribution in [0.4, 0.5) is 0 Å². The van der Waals surface area contributed by atoms with Gasteiger partial charge in [-0.05, 0) is 38.5 Å². The summed E-state index contributed by atoms with van der Waals surface area (Å²) in [5.74, 6) is -0.156. The van der Waals surface area contributed by atoms with Crippen molar-refractivity contribution in [1.29, 1.82) is 0 Å². The topological polar surface area (TPSA) is 89.8 Å². The van der Waals surface area contributed by atoms with Crippen LogP contribution in [0.15, 0.2) is 12.2 Å². The number of aliphatic hydroxyl groups is 3. The highest BCUT2D eigenvalue weighted by Gasteiger charge is 2.26. The van der Waals surface area contributed by atoms with Crippen LogP contribution < -0.4 is 5.32 Å². The molecule has 0 aromatic rings. The Morgan fingerprint density at radius 3 is 1.49 bits per heavy atom. The molecule has 0 spiro atoms. The van der Waals surface area contributed by atoms with Crippen LogP contribution in [0.25, 0.3) is 0 Å². The third-order valence-electron chi connectivity index (χ3n) is 7.87. The van der Waals surface area contributed by atoms with E-state index in [4.69, 9.17) is 0 Å². The fourth-order valence-corrected chi connectivity index (χ4v) is 5.16. The van der Waals surface area contributed by atoms with E-state index in [9.17, 15) is 20.1 Å². The van der Waals surface area contributed by atoms with Crippen molar-refractivity contribution >= 4 is 5.91 Å². The molecule has 0 aromatic heterocycles. The molecule has 39 heavy (non-hydrogen) atoms. The molecular formula is C34H67NO4. The fourth-order valence-electron chi connectivity index (χ4n) is 5.16. The van der Waals surface area contributed by atoms with E-state index in [0.29, 0.717) is 12.8 Å². The number of allylic oxidation sites excluding steroid dienone is 2. The molecule has 1 amide bonds. The summed E-state index contributed by atoms with van der Waals surface area (Å²) in [7, 11) is 0. The standard InChI is InChI=1S/C34H67NO4/c1-3-5-7-9-11-13-15-16-17-18-19-21-23-25-27-29-33(38)35-31(30-36)34(39)32(37)28-26-24-22-20-14-12-10-8-6-4-2/h20,22,31-32,34,36-37,39H,3-19,21,23-30H2,1-2H3,(H,35,38)/b22-20+. The van der Waals surface area contributed by atoms with Crippen molar-refractivity contribution in [1.82, 2.24) is 5.32 Å². The van der Waals surface area contributed by atoms with Crippen molar-refractivity contribution in [3.8, 4) is 0 Å². The molecule has 0 aromatic carbocycles. The second-order valence-electron chi connectivity index (χ2n) is 11.7. The Labute approximate surface area is 242 Å². The molecule has 3 atom stereocenters. The van der Waals surface area contributed by atoms with E-state index in [1.807, 2.05) is 0 Å². The van der Waals surface area contributed by atoms with Crippen LogP contribution in [0, 0.1) is 0 Å². The predicted octanol–water partition coefficient (Wildman–Crippen LogP) is 8.53. The number of aliphatic hydroxyl groups excluding tert-OH is 3. The first-order chi connectivity index (χ1) is 19.1. The summed E-state index contributed by atoms with van der Waals surface area (Å²) in [5.41, 5.74) is 0. The smallest absolute Gasteiger partial charge is 0.220 e. The molecule has 0 aliphatic carbocycles. The molecular weight excluding hydrogens is 486 g/mol. The maximum absolute atomic E-state index is 12.3. The van der Waals surface area contributed by atoms with Gasteiger partial charge in [-0.15, -0.1) is 0 Å². The van der Waals surface area contributed by atoms with Gasteiger partial charge in [-0.3, -0.25) is 4.79 Å². The van der Waals surface area contributed by atoms with Crippen molar-refractivity contribution in [3.63, 3.8) is 0 Å². The van der Waals surface area contributed by atoms with Gasteiger partial charge in [0.15, 0.2) is 0 Å². The maximum Gasteiger partial charge on any atom is 0.220 e. The summed E-state index contributed by atoms with van der Waals surface area (Å²) in [6.07, 6.45) is 31.6. The quantitative estimate of drug-likeness (QED) is 0.0530. The molecule has 0 rings (SSSR count). The third-order valence-corrected chi connectivity index (χ3v) is 7.87. The number of carbonyl (C=O) groups excluding carboxylic acids is 1. The molecule has 0 aliphatic heterocycles. The molecule has 0 saturated heterocycles. The van der Waals surface area contributed by atoms with Crippen LogP contribution in [0.2, 0.25) is 0 Å². The minimum Gasteiger partial charge on any atom is -0.394 e. The van der Waals surface area contributed by atoms with Crippen molar-refractivity contribution < 1.29 is 20.1 Å². The van der Waals surface area contributed by atoms with E-state index in [1.165, 1.54) is 109 Å². The van der Waals surface area contributed by atoms with Crippen LogP contribution in [0.1, 0.15) is 174 Å². The third kappa shape index (κ3) is 25.8. The van der Waals surface area contributed by atoms with Gasteiger partial charge in [0.05, 0.1) is 18.8 Å². The Bertz CT molecular complexity index is 539. The molecule has 0 fully saturated rings. The molecule has 0 heterocycles. The number of hydrogen-bond donors (Lipinski definition) is 4. The zero-order valence-corrected chi connectivity index (χ0v) is 26.0. The number of rotatable bonds is 30. The minimum atomic E-state index is -1.15. The summed E-state index contributed by atoms with van der Waals surface area (Å²) < 4.78 is 0. The Morgan fingerprint density at radius 2 is 1.03 bits per heavy atom. The van der Waals surface area contributed by atoms with Crippen molar-refractivity contribution in [2.45, 2.75) is 193 Å². The summed E-state index contributed by atoms with van der Waals surface area (Å²) in [6, 6.07) is -0.817. The Balaban J connectivity index is 3.72. The molecule has 232 valence electrons. The second kappa shape index (κ2) is 30.1. The van der Waals surface area contributed by atoms with Gasteiger partial charge in [0.1, 0.15) is 6.10 Å². The van der Waals surface area contributed by atoms with Gasteiger partial charge in [-0.1, -0.05) is 142 Å². The van der Waals surface area contributed by atoms with Crippen LogP contribution in [0.5, 0.6) is 0 Å². The van der Waals surface area contributed by atoms with E-state index >= 15 is 0 Å². The molecule has 4 N–H and O–H groups in total. The number of nitrogens with one attached hydrogen (secondary N) is 1. The Morgan fingerprint density at radius 1 is 0.615 bits per heavy atom. The normalized spacial score (nSPS) is 14.1. The van der Waals surface area contributed by atoms with Crippen LogP contribution in [0.3, 0.4) is 0 Å². The van der Waals surface area contributed by atoms with Gasteiger partial charge in [0.2, 0.25) is 5.91 Å². The summed E-state index contributed by atoms with van der Waals surface area (Å²) >= 11 is 0. The SMILES string of the molecule is CCCCCCC/C=C/CCCC(O)C(O)C(CO)NC(=O)CCCCCCCCCCCCCCCCC. The van der Waals surface area contributed by atoms with Gasteiger partial charge >= 0.3 is 0 Å². The largest absolute Gasteiger partial charge is 0.394 e. The summed E-state index contributed by atoms with van der Waals surface area (Å²) in [6.45, 7) is 4.12. The highest BCUT2D eigenvalue weighted by Crippen LogP contribution is 2.14. The Hall–Kier alpha value is -0.910. The first kappa shape index (κ1) is 38.1. The monoisotopic (exact) mass is 554 g/mol. The van der Waals surface area contributed by atoms with E-state index in [1.54, 1.807) is 0 Å². The van der Waals surface area contributed by atoms with Crippen molar-refractivity contribution in [2.75, 3.05) is 6.61 Å². The number of amides is 1. The lowest BCUT2D eigenvalue weighted by atomic mass is 10.0. The number of unbranched alkanes of at least 4 members (excludes halogenated alkanes) is 20.